The van der Waals surface area contributed by atoms with E-state index in [0.29, 0.717) is 12.5 Å². The van der Waals surface area contributed by atoms with E-state index in [2.05, 4.69) is 47.8 Å². The van der Waals surface area contributed by atoms with Crippen LogP contribution in [-0.2, 0) is 13.0 Å². The van der Waals surface area contributed by atoms with E-state index in [-0.39, 0.29) is 5.91 Å². The van der Waals surface area contributed by atoms with E-state index in [1.54, 1.807) is 6.33 Å². The number of aryl methyl sites for hydroxylation is 1. The second-order valence-electron chi connectivity index (χ2n) is 7.81. The molecule has 5 nitrogen and oxygen atoms in total. The zero-order valence-electron chi connectivity index (χ0n) is 17.7. The summed E-state index contributed by atoms with van der Waals surface area (Å²) in [6.45, 7) is 7.78. The second kappa shape index (κ2) is 9.41. The number of carbonyl (C=O) groups excluding carboxylic acids is 1. The highest BCUT2D eigenvalue weighted by molar-refractivity contribution is 6.06. The van der Waals surface area contributed by atoms with Crippen molar-refractivity contribution in [2.45, 2.75) is 33.7 Å². The van der Waals surface area contributed by atoms with E-state index >= 15 is 0 Å². The Morgan fingerprint density at radius 2 is 1.83 bits per heavy atom. The number of hydrogen-bond acceptors (Lipinski definition) is 3. The fraction of sp³-hybridized carbons (Fsp3) is 0.333. The Balaban J connectivity index is 1.86. The first-order valence-electron chi connectivity index (χ1n) is 10.2. The predicted octanol–water partition coefficient (Wildman–Crippen LogP) is 4.91. The quantitative estimate of drug-likeness (QED) is 0.594. The molecule has 3 aromatic rings. The molecular weight excluding hydrogens is 360 g/mol. The highest BCUT2D eigenvalue weighted by Crippen LogP contribution is 2.25. The van der Waals surface area contributed by atoms with Gasteiger partial charge in [0, 0.05) is 36.7 Å². The summed E-state index contributed by atoms with van der Waals surface area (Å²) < 4.78 is 0. The van der Waals surface area contributed by atoms with Gasteiger partial charge in [0.25, 0.3) is 5.91 Å². The highest BCUT2D eigenvalue weighted by Gasteiger charge is 2.19. The number of carbonyl (C=O) groups is 1. The van der Waals surface area contributed by atoms with Crippen molar-refractivity contribution in [3.8, 4) is 0 Å². The van der Waals surface area contributed by atoms with Crippen molar-refractivity contribution in [2.75, 3.05) is 23.4 Å². The fourth-order valence-corrected chi connectivity index (χ4v) is 3.33. The van der Waals surface area contributed by atoms with Crippen LogP contribution in [0.2, 0.25) is 0 Å². The van der Waals surface area contributed by atoms with Crippen LogP contribution >= 0.6 is 0 Å². The topological polar surface area (TPSA) is 52.2 Å². The molecule has 3 rings (SSSR count). The van der Waals surface area contributed by atoms with E-state index in [4.69, 9.17) is 0 Å². The molecule has 1 N–H and O–H groups in total. The van der Waals surface area contributed by atoms with Gasteiger partial charge in [0.15, 0.2) is 0 Å². The third-order valence-corrected chi connectivity index (χ3v) is 4.95. The molecule has 0 aliphatic heterocycles. The summed E-state index contributed by atoms with van der Waals surface area (Å²) in [4.78, 5) is 24.6. The second-order valence-corrected chi connectivity index (χ2v) is 7.81. The summed E-state index contributed by atoms with van der Waals surface area (Å²) in [5.41, 5.74) is 4.97. The summed E-state index contributed by atoms with van der Waals surface area (Å²) in [6, 6.07) is 16.1. The lowest BCUT2D eigenvalue weighted by atomic mass is 10.1. The predicted molar refractivity (Wildman–Crippen MR) is 119 cm³/mol. The average molecular weight is 391 g/mol. The minimum atomic E-state index is 0.0368. The van der Waals surface area contributed by atoms with Gasteiger partial charge in [-0.15, -0.1) is 0 Å². The maximum atomic E-state index is 13.3. The minimum absolute atomic E-state index is 0.0368. The van der Waals surface area contributed by atoms with Gasteiger partial charge in [0.1, 0.15) is 0 Å². The lowest BCUT2D eigenvalue weighted by molar-refractivity contribution is 0.0984. The molecule has 1 amide bonds. The largest absolute Gasteiger partial charge is 0.369 e. The summed E-state index contributed by atoms with van der Waals surface area (Å²) in [5, 5.41) is 0. The van der Waals surface area contributed by atoms with Crippen LogP contribution in [0.5, 0.6) is 0 Å². The Labute approximate surface area is 173 Å². The fourth-order valence-electron chi connectivity index (χ4n) is 3.33. The minimum Gasteiger partial charge on any atom is -0.369 e. The first kappa shape index (κ1) is 20.6. The molecule has 29 heavy (non-hydrogen) atoms. The van der Waals surface area contributed by atoms with Crippen LogP contribution in [0.25, 0.3) is 0 Å². The molecule has 0 spiro atoms. The molecule has 1 aromatic heterocycles. The molecule has 1 heterocycles. The van der Waals surface area contributed by atoms with Crippen LogP contribution in [-0.4, -0.2) is 29.5 Å². The van der Waals surface area contributed by atoms with Gasteiger partial charge in [-0.3, -0.25) is 4.79 Å². The van der Waals surface area contributed by atoms with Crippen LogP contribution in [0.15, 0.2) is 61.1 Å². The summed E-state index contributed by atoms with van der Waals surface area (Å²) in [7, 11) is 2.04. The molecule has 5 heteroatoms. The number of benzene rings is 2. The number of nitrogens with one attached hydrogen (secondary N) is 1. The van der Waals surface area contributed by atoms with E-state index < -0.39 is 0 Å². The van der Waals surface area contributed by atoms with Crippen molar-refractivity contribution in [3.63, 3.8) is 0 Å². The SMILES string of the molecule is CCc1ccc(C(=O)N(CC(C)C)c2cccc(N(C)Cc3cnc[nH]3)c2)cc1. The Morgan fingerprint density at radius 3 is 2.45 bits per heavy atom. The normalized spacial score (nSPS) is 10.9. The molecule has 0 aliphatic rings. The molecule has 0 aliphatic carbocycles. The van der Waals surface area contributed by atoms with Crippen molar-refractivity contribution in [1.29, 1.82) is 0 Å². The third-order valence-electron chi connectivity index (χ3n) is 4.95. The average Bonchev–Trinajstić information content (AvgIpc) is 3.24. The van der Waals surface area contributed by atoms with E-state index in [0.717, 1.165) is 35.6 Å². The monoisotopic (exact) mass is 390 g/mol. The summed E-state index contributed by atoms with van der Waals surface area (Å²) in [5.74, 6) is 0.398. The number of nitrogens with zero attached hydrogens (tertiary/aromatic N) is 3. The van der Waals surface area contributed by atoms with Crippen LogP contribution in [0, 0.1) is 5.92 Å². The molecule has 0 unspecified atom stereocenters. The highest BCUT2D eigenvalue weighted by atomic mass is 16.2. The van der Waals surface area contributed by atoms with E-state index in [1.165, 1.54) is 5.56 Å². The van der Waals surface area contributed by atoms with E-state index in [1.807, 2.05) is 54.5 Å². The number of H-pyrrole nitrogens is 1. The number of aromatic nitrogens is 2. The molecule has 0 saturated carbocycles. The van der Waals surface area contributed by atoms with Gasteiger partial charge in [-0.05, 0) is 48.2 Å². The van der Waals surface area contributed by atoms with Crippen molar-refractivity contribution in [1.82, 2.24) is 9.97 Å². The van der Waals surface area contributed by atoms with Crippen LogP contribution in [0.1, 0.15) is 42.4 Å². The Morgan fingerprint density at radius 1 is 1.10 bits per heavy atom. The summed E-state index contributed by atoms with van der Waals surface area (Å²) >= 11 is 0. The van der Waals surface area contributed by atoms with Gasteiger partial charge in [-0.2, -0.15) is 0 Å². The van der Waals surface area contributed by atoms with Gasteiger partial charge < -0.3 is 14.8 Å². The van der Waals surface area contributed by atoms with Gasteiger partial charge in [0.05, 0.1) is 18.6 Å². The number of anilines is 2. The lowest BCUT2D eigenvalue weighted by Crippen LogP contribution is -2.34. The number of amides is 1. The molecule has 0 radical (unpaired) electrons. The van der Waals surface area contributed by atoms with Crippen LogP contribution in [0.4, 0.5) is 11.4 Å². The third kappa shape index (κ3) is 5.25. The van der Waals surface area contributed by atoms with Gasteiger partial charge in [-0.1, -0.05) is 39.0 Å². The zero-order chi connectivity index (χ0) is 20.8. The molecule has 152 valence electrons. The van der Waals surface area contributed by atoms with Crippen molar-refractivity contribution < 1.29 is 4.79 Å². The number of rotatable bonds is 8. The Hall–Kier alpha value is -3.08. The van der Waals surface area contributed by atoms with Gasteiger partial charge in [-0.25, -0.2) is 4.98 Å². The first-order valence-corrected chi connectivity index (χ1v) is 10.2. The molecule has 0 saturated heterocycles. The maximum absolute atomic E-state index is 13.3. The standard InChI is InChI=1S/C24H30N4O/c1-5-19-9-11-20(12-10-19)24(29)28(15-18(2)3)23-8-6-7-22(13-23)27(4)16-21-14-25-17-26-21/h6-14,17-18H,5,15-16H2,1-4H3,(H,25,26). The first-order chi connectivity index (χ1) is 14.0. The number of imidazole rings is 1. The van der Waals surface area contributed by atoms with Crippen molar-refractivity contribution >= 4 is 17.3 Å². The van der Waals surface area contributed by atoms with Crippen molar-refractivity contribution in [3.05, 3.63) is 77.9 Å². The Kier molecular flexibility index (Phi) is 6.70. The van der Waals surface area contributed by atoms with Crippen LogP contribution < -0.4 is 9.80 Å². The van der Waals surface area contributed by atoms with Crippen LogP contribution in [0.3, 0.4) is 0 Å². The smallest absolute Gasteiger partial charge is 0.258 e. The number of aromatic amines is 1. The molecular formula is C24H30N4O. The zero-order valence-corrected chi connectivity index (χ0v) is 17.7. The number of hydrogen-bond donors (Lipinski definition) is 1. The molecule has 0 atom stereocenters. The van der Waals surface area contributed by atoms with E-state index in [9.17, 15) is 4.79 Å². The summed E-state index contributed by atoms with van der Waals surface area (Å²) in [6.07, 6.45) is 4.48. The lowest BCUT2D eigenvalue weighted by Gasteiger charge is -2.27. The van der Waals surface area contributed by atoms with Gasteiger partial charge in [0.2, 0.25) is 0 Å². The Bertz CT molecular complexity index is 916. The molecule has 2 aromatic carbocycles. The van der Waals surface area contributed by atoms with Crippen molar-refractivity contribution in [2.24, 2.45) is 5.92 Å². The molecule has 0 bridgehead atoms. The molecule has 0 fully saturated rings. The maximum Gasteiger partial charge on any atom is 0.258 e. The van der Waals surface area contributed by atoms with Gasteiger partial charge >= 0.3 is 0 Å².